The van der Waals surface area contributed by atoms with Gasteiger partial charge in [0.25, 0.3) is 5.91 Å². The molecule has 2 rings (SSSR count). The Morgan fingerprint density at radius 3 is 2.62 bits per heavy atom. The van der Waals surface area contributed by atoms with E-state index in [1.165, 1.54) is 17.4 Å². The molecule has 0 atom stereocenters. The van der Waals surface area contributed by atoms with Gasteiger partial charge in [-0.2, -0.15) is 0 Å². The van der Waals surface area contributed by atoms with Gasteiger partial charge in [0, 0.05) is 10.6 Å². The molecule has 0 aliphatic rings. The Labute approximate surface area is 143 Å². The molecule has 1 aromatic heterocycles. The Kier molecular flexibility index (Phi) is 6.08. The average molecular weight is 346 g/mol. The van der Waals surface area contributed by atoms with Crippen LogP contribution < -0.4 is 10.6 Å². The third-order valence-corrected chi connectivity index (χ3v) is 4.03. The van der Waals surface area contributed by atoms with Crippen molar-refractivity contribution in [2.24, 2.45) is 0 Å². The Balaban J connectivity index is 1.89. The second-order valence-corrected chi connectivity index (χ2v) is 6.23. The van der Waals surface area contributed by atoms with Gasteiger partial charge in [-0.1, -0.05) is 6.07 Å². The van der Waals surface area contributed by atoms with E-state index in [0.717, 1.165) is 4.88 Å². The maximum atomic E-state index is 11.9. The van der Waals surface area contributed by atoms with E-state index in [1.807, 2.05) is 13.0 Å². The average Bonchev–Trinajstić information content (AvgIpc) is 3.00. The first-order valence-corrected chi connectivity index (χ1v) is 8.23. The largest absolute Gasteiger partial charge is 0.462 e. The first-order chi connectivity index (χ1) is 11.5. The number of thiophene rings is 1. The number of carbonyl (C=O) groups excluding carboxylic acids is 3. The van der Waals surface area contributed by atoms with Crippen LogP contribution in [0.25, 0.3) is 0 Å². The zero-order valence-corrected chi connectivity index (χ0v) is 14.2. The summed E-state index contributed by atoms with van der Waals surface area (Å²) in [5.74, 6) is -1.11. The number of ether oxygens (including phenoxy) is 1. The molecule has 126 valence electrons. The fraction of sp³-hybridized carbons (Fsp3) is 0.235. The lowest BCUT2D eigenvalue weighted by atomic mass is 10.2. The number of aryl methyl sites for hydroxylation is 1. The molecule has 0 saturated heterocycles. The van der Waals surface area contributed by atoms with Crippen LogP contribution in [0.15, 0.2) is 36.4 Å². The monoisotopic (exact) mass is 346 g/mol. The summed E-state index contributed by atoms with van der Waals surface area (Å²) in [6, 6.07) is 10.0. The molecule has 1 heterocycles. The molecule has 2 aromatic rings. The van der Waals surface area contributed by atoms with E-state index in [-0.39, 0.29) is 25.0 Å². The number of anilines is 1. The number of amides is 2. The molecule has 1 aromatic carbocycles. The molecule has 7 heteroatoms. The van der Waals surface area contributed by atoms with Crippen LogP contribution in [0.5, 0.6) is 0 Å². The van der Waals surface area contributed by atoms with Gasteiger partial charge in [0.1, 0.15) is 0 Å². The maximum Gasteiger partial charge on any atom is 0.338 e. The summed E-state index contributed by atoms with van der Waals surface area (Å²) >= 11 is 1.37. The summed E-state index contributed by atoms with van der Waals surface area (Å²) in [4.78, 5) is 37.1. The Morgan fingerprint density at radius 2 is 1.96 bits per heavy atom. The lowest BCUT2D eigenvalue weighted by molar-refractivity contribution is -0.115. The van der Waals surface area contributed by atoms with Crippen LogP contribution in [-0.4, -0.2) is 30.9 Å². The highest BCUT2D eigenvalue weighted by molar-refractivity contribution is 7.13. The van der Waals surface area contributed by atoms with Crippen LogP contribution in [0.2, 0.25) is 0 Å². The van der Waals surface area contributed by atoms with E-state index in [1.54, 1.807) is 31.2 Å². The van der Waals surface area contributed by atoms with E-state index in [4.69, 9.17) is 4.74 Å². The summed E-state index contributed by atoms with van der Waals surface area (Å²) in [5, 5.41) is 5.19. The molecule has 0 unspecified atom stereocenters. The Hall–Kier alpha value is -2.67. The number of hydrogen-bond acceptors (Lipinski definition) is 5. The number of rotatable bonds is 6. The number of carbonyl (C=O) groups is 3. The zero-order chi connectivity index (χ0) is 17.5. The van der Waals surface area contributed by atoms with Crippen molar-refractivity contribution >= 4 is 34.8 Å². The number of hydrogen-bond donors (Lipinski definition) is 2. The van der Waals surface area contributed by atoms with Gasteiger partial charge in [-0.25, -0.2) is 4.79 Å². The van der Waals surface area contributed by atoms with Gasteiger partial charge in [0.15, 0.2) is 0 Å². The van der Waals surface area contributed by atoms with Gasteiger partial charge in [-0.3, -0.25) is 9.59 Å². The zero-order valence-electron chi connectivity index (χ0n) is 13.4. The molecule has 0 aliphatic heterocycles. The lowest BCUT2D eigenvalue weighted by Crippen LogP contribution is -2.32. The summed E-state index contributed by atoms with van der Waals surface area (Å²) in [6.07, 6.45) is 0. The van der Waals surface area contributed by atoms with Gasteiger partial charge in [0.05, 0.1) is 23.6 Å². The van der Waals surface area contributed by atoms with Crippen molar-refractivity contribution in [1.29, 1.82) is 0 Å². The smallest absolute Gasteiger partial charge is 0.338 e. The van der Waals surface area contributed by atoms with Crippen molar-refractivity contribution in [2.45, 2.75) is 13.8 Å². The van der Waals surface area contributed by atoms with Crippen molar-refractivity contribution < 1.29 is 19.1 Å². The predicted molar refractivity (Wildman–Crippen MR) is 92.4 cm³/mol. The minimum atomic E-state index is -0.449. The quantitative estimate of drug-likeness (QED) is 0.788. The van der Waals surface area contributed by atoms with Crippen LogP contribution in [0.1, 0.15) is 31.8 Å². The highest BCUT2D eigenvalue weighted by Crippen LogP contribution is 2.14. The molecule has 0 radical (unpaired) electrons. The number of nitrogens with one attached hydrogen (secondary N) is 2. The molecule has 2 amide bonds. The van der Waals surface area contributed by atoms with Gasteiger partial charge in [-0.05, 0) is 44.2 Å². The molecule has 0 spiro atoms. The fourth-order valence-corrected chi connectivity index (χ4v) is 2.73. The third-order valence-electron chi connectivity index (χ3n) is 3.03. The Bertz CT molecular complexity index is 755. The molecule has 0 bridgehead atoms. The van der Waals surface area contributed by atoms with E-state index in [9.17, 15) is 14.4 Å². The molecular weight excluding hydrogens is 328 g/mol. The first-order valence-electron chi connectivity index (χ1n) is 7.41. The fourth-order valence-electron chi connectivity index (χ4n) is 1.95. The van der Waals surface area contributed by atoms with E-state index >= 15 is 0 Å². The summed E-state index contributed by atoms with van der Waals surface area (Å²) < 4.78 is 4.91. The first kappa shape index (κ1) is 17.7. The topological polar surface area (TPSA) is 84.5 Å². The molecule has 6 nitrogen and oxygen atoms in total. The minimum absolute atomic E-state index is 0.153. The third kappa shape index (κ3) is 4.92. The van der Waals surface area contributed by atoms with E-state index < -0.39 is 5.97 Å². The van der Waals surface area contributed by atoms with Crippen molar-refractivity contribution in [3.8, 4) is 0 Å². The normalized spacial score (nSPS) is 10.1. The van der Waals surface area contributed by atoms with Crippen molar-refractivity contribution in [3.05, 3.63) is 51.7 Å². The highest BCUT2D eigenvalue weighted by Gasteiger charge is 2.11. The molecule has 0 saturated carbocycles. The van der Waals surface area contributed by atoms with Gasteiger partial charge in [-0.15, -0.1) is 11.3 Å². The summed E-state index contributed by atoms with van der Waals surface area (Å²) in [7, 11) is 0. The Morgan fingerprint density at radius 1 is 1.17 bits per heavy atom. The molecule has 24 heavy (non-hydrogen) atoms. The lowest BCUT2D eigenvalue weighted by Gasteiger charge is -2.08. The molecule has 2 N–H and O–H groups in total. The molecule has 0 fully saturated rings. The second-order valence-electron chi connectivity index (χ2n) is 4.94. The maximum absolute atomic E-state index is 11.9. The predicted octanol–water partition coefficient (Wildman–Crippen LogP) is 2.60. The van der Waals surface area contributed by atoms with Crippen LogP contribution in [0.4, 0.5) is 5.69 Å². The summed E-state index contributed by atoms with van der Waals surface area (Å²) in [5.41, 5.74) is 0.819. The van der Waals surface area contributed by atoms with Crippen molar-refractivity contribution in [3.63, 3.8) is 0 Å². The number of esters is 1. The van der Waals surface area contributed by atoms with E-state index in [2.05, 4.69) is 10.6 Å². The molecular formula is C17H18N2O4S. The van der Waals surface area contributed by atoms with Crippen LogP contribution in [0, 0.1) is 6.92 Å². The standard InChI is InChI=1S/C17H18N2O4S/c1-3-23-17(22)12-5-4-6-13(9-12)19-15(20)10-18-16(21)14-8-7-11(2)24-14/h4-9H,3,10H2,1-2H3,(H,18,21)(H,19,20). The SMILES string of the molecule is CCOC(=O)c1cccc(NC(=O)CNC(=O)c2ccc(C)s2)c1. The van der Waals surface area contributed by atoms with E-state index in [0.29, 0.717) is 16.1 Å². The second kappa shape index (κ2) is 8.26. The summed E-state index contributed by atoms with van der Waals surface area (Å²) in [6.45, 7) is 3.76. The van der Waals surface area contributed by atoms with Gasteiger partial charge in [0.2, 0.25) is 5.91 Å². The highest BCUT2D eigenvalue weighted by atomic mass is 32.1. The molecule has 0 aliphatic carbocycles. The van der Waals surface area contributed by atoms with Crippen molar-refractivity contribution in [2.75, 3.05) is 18.5 Å². The van der Waals surface area contributed by atoms with Gasteiger partial charge >= 0.3 is 5.97 Å². The van der Waals surface area contributed by atoms with Crippen LogP contribution in [-0.2, 0) is 9.53 Å². The van der Waals surface area contributed by atoms with Crippen LogP contribution >= 0.6 is 11.3 Å². The minimum Gasteiger partial charge on any atom is -0.462 e. The van der Waals surface area contributed by atoms with Crippen LogP contribution in [0.3, 0.4) is 0 Å². The number of benzene rings is 1. The van der Waals surface area contributed by atoms with Crippen molar-refractivity contribution in [1.82, 2.24) is 5.32 Å². The van der Waals surface area contributed by atoms with Gasteiger partial charge < -0.3 is 15.4 Å².